The van der Waals surface area contributed by atoms with Crippen molar-refractivity contribution in [1.82, 2.24) is 5.32 Å². The molecular weight excluding hydrogens is 242 g/mol. The maximum Gasteiger partial charge on any atom is 0.124 e. The van der Waals surface area contributed by atoms with Gasteiger partial charge < -0.3 is 10.1 Å². The Morgan fingerprint density at radius 3 is 2.50 bits per heavy atom. The van der Waals surface area contributed by atoms with Crippen molar-refractivity contribution >= 4 is 11.8 Å². The van der Waals surface area contributed by atoms with Gasteiger partial charge in [-0.15, -0.1) is 0 Å². The van der Waals surface area contributed by atoms with Crippen molar-refractivity contribution in [3.05, 3.63) is 28.8 Å². The average Bonchev–Trinajstić information content (AvgIpc) is 2.32. The van der Waals surface area contributed by atoms with E-state index in [1.165, 1.54) is 16.7 Å². The summed E-state index contributed by atoms with van der Waals surface area (Å²) in [7, 11) is 3.78. The van der Waals surface area contributed by atoms with Gasteiger partial charge in [-0.05, 0) is 56.0 Å². The number of methoxy groups -OCH3 is 1. The van der Waals surface area contributed by atoms with Crippen LogP contribution in [0.25, 0.3) is 0 Å². The Morgan fingerprint density at radius 1 is 1.33 bits per heavy atom. The molecule has 1 aromatic carbocycles. The molecule has 2 unspecified atom stereocenters. The van der Waals surface area contributed by atoms with Crippen molar-refractivity contribution in [2.24, 2.45) is 5.92 Å². The molecule has 1 aromatic rings. The smallest absolute Gasteiger partial charge is 0.124 e. The Labute approximate surface area is 116 Å². The molecule has 0 saturated carbocycles. The Morgan fingerprint density at radius 2 is 2.00 bits per heavy atom. The van der Waals surface area contributed by atoms with Gasteiger partial charge in [-0.25, -0.2) is 0 Å². The second kappa shape index (κ2) is 7.05. The van der Waals surface area contributed by atoms with E-state index in [1.54, 1.807) is 7.11 Å². The summed E-state index contributed by atoms with van der Waals surface area (Å²) >= 11 is 1.89. The van der Waals surface area contributed by atoms with E-state index >= 15 is 0 Å². The minimum Gasteiger partial charge on any atom is -0.496 e. The van der Waals surface area contributed by atoms with E-state index in [1.807, 2.05) is 18.8 Å². The highest BCUT2D eigenvalue weighted by atomic mass is 32.2. The lowest BCUT2D eigenvalue weighted by Crippen LogP contribution is -2.26. The van der Waals surface area contributed by atoms with E-state index in [-0.39, 0.29) is 0 Å². The van der Waals surface area contributed by atoms with Crippen LogP contribution in [0.5, 0.6) is 5.75 Å². The largest absolute Gasteiger partial charge is 0.496 e. The Hall–Kier alpha value is -0.670. The van der Waals surface area contributed by atoms with Crippen molar-refractivity contribution in [2.75, 3.05) is 26.2 Å². The number of thioether (sulfide) groups is 1. The lowest BCUT2D eigenvalue weighted by atomic mass is 9.90. The molecule has 3 heteroatoms. The van der Waals surface area contributed by atoms with Crippen LogP contribution in [0.2, 0.25) is 0 Å². The molecule has 0 spiro atoms. The van der Waals surface area contributed by atoms with Gasteiger partial charge in [-0.1, -0.05) is 13.0 Å². The summed E-state index contributed by atoms with van der Waals surface area (Å²) in [6, 6.07) is 4.69. The molecule has 0 aromatic heterocycles. The lowest BCUT2D eigenvalue weighted by molar-refractivity contribution is 0.381. The third-order valence-corrected chi connectivity index (χ3v) is 4.19. The summed E-state index contributed by atoms with van der Waals surface area (Å²) in [5, 5.41) is 3.44. The fourth-order valence-electron chi connectivity index (χ4n) is 2.58. The Kier molecular flexibility index (Phi) is 6.03. The van der Waals surface area contributed by atoms with Gasteiger partial charge >= 0.3 is 0 Å². The zero-order chi connectivity index (χ0) is 13.7. The summed E-state index contributed by atoms with van der Waals surface area (Å²) < 4.78 is 5.57. The van der Waals surface area contributed by atoms with Crippen molar-refractivity contribution < 1.29 is 4.74 Å². The van der Waals surface area contributed by atoms with Crippen molar-refractivity contribution in [2.45, 2.75) is 26.8 Å². The third kappa shape index (κ3) is 3.42. The van der Waals surface area contributed by atoms with Crippen LogP contribution in [0, 0.1) is 19.8 Å². The molecule has 0 heterocycles. The quantitative estimate of drug-likeness (QED) is 0.851. The summed E-state index contributed by atoms with van der Waals surface area (Å²) in [5.74, 6) is 2.71. The second-order valence-electron chi connectivity index (χ2n) is 4.90. The molecule has 0 saturated heterocycles. The topological polar surface area (TPSA) is 21.3 Å². The first kappa shape index (κ1) is 15.4. The van der Waals surface area contributed by atoms with Crippen LogP contribution in [0.4, 0.5) is 0 Å². The molecule has 0 fully saturated rings. The van der Waals surface area contributed by atoms with Crippen molar-refractivity contribution in [1.29, 1.82) is 0 Å². The standard InChI is InChI=1S/C15H25NOS/c1-10-7-11(2)14(13(8-10)17-5)15(16-4)12(3)9-18-6/h7-8,12,15-16H,9H2,1-6H3. The first-order valence-corrected chi connectivity index (χ1v) is 7.75. The molecule has 2 atom stereocenters. The number of hydrogen-bond acceptors (Lipinski definition) is 3. The molecule has 102 valence electrons. The summed E-state index contributed by atoms with van der Waals surface area (Å²) in [5.41, 5.74) is 3.85. The second-order valence-corrected chi connectivity index (χ2v) is 5.81. The molecule has 0 aliphatic rings. The molecule has 1 rings (SSSR count). The summed E-state index contributed by atoms with van der Waals surface area (Å²) in [4.78, 5) is 0. The molecular formula is C15H25NOS. The Balaban J connectivity index is 3.19. The first-order valence-electron chi connectivity index (χ1n) is 6.36. The highest BCUT2D eigenvalue weighted by molar-refractivity contribution is 7.98. The molecule has 0 aliphatic heterocycles. The molecule has 18 heavy (non-hydrogen) atoms. The monoisotopic (exact) mass is 267 g/mol. The fourth-order valence-corrected chi connectivity index (χ4v) is 3.30. The van der Waals surface area contributed by atoms with E-state index < -0.39 is 0 Å². The molecule has 1 N–H and O–H groups in total. The minimum absolute atomic E-state index is 0.341. The van der Waals surface area contributed by atoms with Crippen LogP contribution in [0.15, 0.2) is 12.1 Å². The number of benzene rings is 1. The molecule has 0 bridgehead atoms. The zero-order valence-corrected chi connectivity index (χ0v) is 13.1. The molecule has 2 nitrogen and oxygen atoms in total. The predicted molar refractivity (Wildman–Crippen MR) is 81.8 cm³/mol. The van der Waals surface area contributed by atoms with Crippen LogP contribution < -0.4 is 10.1 Å². The number of nitrogens with one attached hydrogen (secondary N) is 1. The maximum atomic E-state index is 5.57. The van der Waals surface area contributed by atoms with Crippen LogP contribution >= 0.6 is 11.8 Å². The number of ether oxygens (including phenoxy) is 1. The van der Waals surface area contributed by atoms with E-state index in [0.29, 0.717) is 12.0 Å². The Bertz CT molecular complexity index is 392. The third-order valence-electron chi connectivity index (χ3n) is 3.33. The SMILES string of the molecule is CNC(c1c(C)cc(C)cc1OC)C(C)CSC. The van der Waals surface area contributed by atoms with Crippen molar-refractivity contribution in [3.8, 4) is 5.75 Å². The van der Waals surface area contributed by atoms with Gasteiger partial charge in [0.25, 0.3) is 0 Å². The zero-order valence-electron chi connectivity index (χ0n) is 12.3. The van der Waals surface area contributed by atoms with Crippen LogP contribution in [-0.2, 0) is 0 Å². The minimum atomic E-state index is 0.341. The van der Waals surface area contributed by atoms with E-state index in [9.17, 15) is 0 Å². The highest BCUT2D eigenvalue weighted by Crippen LogP contribution is 2.34. The summed E-state index contributed by atoms with van der Waals surface area (Å²) in [6.45, 7) is 6.57. The summed E-state index contributed by atoms with van der Waals surface area (Å²) in [6.07, 6.45) is 2.16. The molecule has 0 radical (unpaired) electrons. The van der Waals surface area contributed by atoms with E-state index in [2.05, 4.69) is 44.5 Å². The van der Waals surface area contributed by atoms with Gasteiger partial charge in [0.1, 0.15) is 5.75 Å². The number of rotatable bonds is 6. The molecule has 0 aliphatic carbocycles. The van der Waals surface area contributed by atoms with Crippen LogP contribution in [0.3, 0.4) is 0 Å². The average molecular weight is 267 g/mol. The molecule has 0 amide bonds. The van der Waals surface area contributed by atoms with Gasteiger partial charge in [-0.2, -0.15) is 11.8 Å². The van der Waals surface area contributed by atoms with Crippen molar-refractivity contribution in [3.63, 3.8) is 0 Å². The fraction of sp³-hybridized carbons (Fsp3) is 0.600. The van der Waals surface area contributed by atoms with E-state index in [0.717, 1.165) is 11.5 Å². The van der Waals surface area contributed by atoms with Crippen LogP contribution in [0.1, 0.15) is 29.7 Å². The number of aryl methyl sites for hydroxylation is 2. The van der Waals surface area contributed by atoms with Gasteiger partial charge in [-0.3, -0.25) is 0 Å². The van der Waals surface area contributed by atoms with Gasteiger partial charge in [0, 0.05) is 11.6 Å². The number of hydrogen-bond donors (Lipinski definition) is 1. The van der Waals surface area contributed by atoms with Gasteiger partial charge in [0.05, 0.1) is 7.11 Å². The first-order chi connectivity index (χ1) is 8.54. The maximum absolute atomic E-state index is 5.57. The lowest BCUT2D eigenvalue weighted by Gasteiger charge is -2.27. The van der Waals surface area contributed by atoms with Gasteiger partial charge in [0.15, 0.2) is 0 Å². The van der Waals surface area contributed by atoms with Crippen LogP contribution in [-0.4, -0.2) is 26.2 Å². The normalized spacial score (nSPS) is 14.3. The van der Waals surface area contributed by atoms with E-state index in [4.69, 9.17) is 4.74 Å². The highest BCUT2D eigenvalue weighted by Gasteiger charge is 2.22. The van der Waals surface area contributed by atoms with Gasteiger partial charge in [0.2, 0.25) is 0 Å². The predicted octanol–water partition coefficient (Wildman–Crippen LogP) is 3.57.